The summed E-state index contributed by atoms with van der Waals surface area (Å²) >= 11 is 0. The molecule has 9 nitrogen and oxygen atoms in total. The molecule has 218 valence electrons. The lowest BCUT2D eigenvalue weighted by molar-refractivity contribution is -0.0269. The van der Waals surface area contributed by atoms with Crippen LogP contribution in [0.5, 0.6) is 0 Å². The van der Waals surface area contributed by atoms with Crippen molar-refractivity contribution >= 4 is 11.7 Å². The van der Waals surface area contributed by atoms with Crippen LogP contribution in [0.4, 0.5) is 5.82 Å². The zero-order valence-corrected chi connectivity index (χ0v) is 23.8. The van der Waals surface area contributed by atoms with Gasteiger partial charge >= 0.3 is 5.69 Å². The van der Waals surface area contributed by atoms with Crippen molar-refractivity contribution in [2.24, 2.45) is 7.05 Å². The molecule has 5 rings (SSSR count). The Kier molecular flexibility index (Phi) is 9.31. The highest BCUT2D eigenvalue weighted by Crippen LogP contribution is 2.30. The van der Waals surface area contributed by atoms with Crippen LogP contribution in [0.3, 0.4) is 0 Å². The van der Waals surface area contributed by atoms with Crippen LogP contribution in [0.2, 0.25) is 0 Å². The summed E-state index contributed by atoms with van der Waals surface area (Å²) in [6.45, 7) is 3.39. The van der Waals surface area contributed by atoms with Crippen LogP contribution in [-0.4, -0.2) is 52.2 Å². The number of ether oxygens (including phenoxy) is 1. The standard InChI is InChI=1S/C33H37N5O4/c1-36-30(39)23-29(34)38(33(36)41)27-15-13-26(14-16-27)32(40)35-19-8-20-37-21-17-28(18-22-37)42-31(24-9-4-2-5-10-24)25-11-6-3-7-12-25/h2-7,9-16,23,28,31H,8,17-22,34H2,1H3,(H,35,40). The first-order chi connectivity index (χ1) is 20.4. The first kappa shape index (κ1) is 29.0. The summed E-state index contributed by atoms with van der Waals surface area (Å²) in [6.07, 6.45) is 2.90. The Bertz CT molecular complexity index is 1550. The van der Waals surface area contributed by atoms with Gasteiger partial charge in [0.1, 0.15) is 11.9 Å². The van der Waals surface area contributed by atoms with Gasteiger partial charge < -0.3 is 20.7 Å². The van der Waals surface area contributed by atoms with Crippen molar-refractivity contribution in [3.63, 3.8) is 0 Å². The fraction of sp³-hybridized carbons (Fsp3) is 0.303. The molecule has 0 unspecified atom stereocenters. The predicted octanol–water partition coefficient (Wildman–Crippen LogP) is 3.51. The molecule has 3 aromatic carbocycles. The summed E-state index contributed by atoms with van der Waals surface area (Å²) in [5, 5.41) is 2.98. The molecule has 0 aliphatic carbocycles. The van der Waals surface area contributed by atoms with Crippen LogP contribution < -0.4 is 22.3 Å². The molecule has 9 heteroatoms. The molecule has 42 heavy (non-hydrogen) atoms. The lowest BCUT2D eigenvalue weighted by atomic mass is 10.00. The Balaban J connectivity index is 1.07. The molecule has 0 bridgehead atoms. The monoisotopic (exact) mass is 567 g/mol. The molecule has 0 saturated carbocycles. The third-order valence-corrected chi connectivity index (χ3v) is 7.73. The van der Waals surface area contributed by atoms with Crippen molar-refractivity contribution in [2.45, 2.75) is 31.5 Å². The molecule has 1 fully saturated rings. The lowest BCUT2D eigenvalue weighted by Crippen LogP contribution is -2.39. The topological polar surface area (TPSA) is 112 Å². The van der Waals surface area contributed by atoms with E-state index in [1.807, 2.05) is 12.1 Å². The quantitative estimate of drug-likeness (QED) is 0.284. The van der Waals surface area contributed by atoms with E-state index in [1.165, 1.54) is 28.8 Å². The van der Waals surface area contributed by atoms with Gasteiger partial charge in [0.25, 0.3) is 11.5 Å². The van der Waals surface area contributed by atoms with E-state index in [0.29, 0.717) is 17.8 Å². The maximum absolute atomic E-state index is 12.7. The fourth-order valence-corrected chi connectivity index (χ4v) is 5.34. The first-order valence-electron chi connectivity index (χ1n) is 14.4. The van der Waals surface area contributed by atoms with Crippen molar-refractivity contribution in [3.05, 3.63) is 129 Å². The van der Waals surface area contributed by atoms with Crippen molar-refractivity contribution in [2.75, 3.05) is 31.9 Å². The van der Waals surface area contributed by atoms with Crippen LogP contribution in [0.15, 0.2) is 101 Å². The molecule has 1 saturated heterocycles. The van der Waals surface area contributed by atoms with Gasteiger partial charge in [-0.1, -0.05) is 60.7 Å². The Morgan fingerprint density at radius 1 is 0.929 bits per heavy atom. The molecule has 0 spiro atoms. The van der Waals surface area contributed by atoms with Crippen LogP contribution in [0.25, 0.3) is 5.69 Å². The number of benzene rings is 3. The Morgan fingerprint density at radius 3 is 2.12 bits per heavy atom. The highest BCUT2D eigenvalue weighted by Gasteiger charge is 2.24. The zero-order chi connectivity index (χ0) is 29.5. The van der Waals surface area contributed by atoms with Crippen molar-refractivity contribution in [1.29, 1.82) is 0 Å². The van der Waals surface area contributed by atoms with Gasteiger partial charge in [-0.05, 0) is 61.2 Å². The van der Waals surface area contributed by atoms with Crippen LogP contribution in [0.1, 0.15) is 46.9 Å². The van der Waals surface area contributed by atoms with Crippen molar-refractivity contribution < 1.29 is 9.53 Å². The Morgan fingerprint density at radius 2 is 1.52 bits per heavy atom. The summed E-state index contributed by atoms with van der Waals surface area (Å²) in [5.74, 6) is -0.134. The highest BCUT2D eigenvalue weighted by atomic mass is 16.5. The molecule has 0 radical (unpaired) electrons. The average molecular weight is 568 g/mol. The van der Waals surface area contributed by atoms with E-state index >= 15 is 0 Å². The number of rotatable bonds is 10. The van der Waals surface area contributed by atoms with E-state index in [0.717, 1.165) is 43.5 Å². The fourth-order valence-electron chi connectivity index (χ4n) is 5.34. The summed E-state index contributed by atoms with van der Waals surface area (Å²) in [7, 11) is 1.39. The molecule has 2 heterocycles. The lowest BCUT2D eigenvalue weighted by Gasteiger charge is -2.34. The molecule has 1 aliphatic heterocycles. The number of hydrogen-bond acceptors (Lipinski definition) is 6. The molecular weight excluding hydrogens is 530 g/mol. The van der Waals surface area contributed by atoms with E-state index in [-0.39, 0.29) is 23.9 Å². The van der Waals surface area contributed by atoms with Gasteiger partial charge in [-0.2, -0.15) is 0 Å². The Hall–Kier alpha value is -4.47. The maximum atomic E-state index is 12.7. The number of amides is 1. The van der Waals surface area contributed by atoms with Crippen LogP contribution in [0, 0.1) is 0 Å². The minimum Gasteiger partial charge on any atom is -0.385 e. The second-order valence-corrected chi connectivity index (χ2v) is 10.6. The van der Waals surface area contributed by atoms with E-state index < -0.39 is 11.2 Å². The number of likely N-dealkylation sites (tertiary alicyclic amines) is 1. The number of nitrogens with zero attached hydrogens (tertiary/aromatic N) is 3. The van der Waals surface area contributed by atoms with Gasteiger partial charge in [-0.15, -0.1) is 0 Å². The number of nitrogens with one attached hydrogen (secondary N) is 1. The van der Waals surface area contributed by atoms with Crippen LogP contribution in [-0.2, 0) is 11.8 Å². The molecular formula is C33H37N5O4. The number of nitrogens with two attached hydrogens (primary N) is 1. The normalized spacial score (nSPS) is 14.2. The Labute approximate surface area is 245 Å². The molecule has 0 atom stereocenters. The molecule has 1 aromatic heterocycles. The van der Waals surface area contributed by atoms with E-state index in [2.05, 4.69) is 58.7 Å². The minimum atomic E-state index is -0.542. The molecule has 1 aliphatic rings. The minimum absolute atomic E-state index is 0.0445. The second kappa shape index (κ2) is 13.5. The number of hydrogen-bond donors (Lipinski definition) is 2. The van der Waals surface area contributed by atoms with Gasteiger partial charge in [0.15, 0.2) is 0 Å². The summed E-state index contributed by atoms with van der Waals surface area (Å²) in [4.78, 5) is 39.3. The highest BCUT2D eigenvalue weighted by molar-refractivity contribution is 5.94. The molecule has 1 amide bonds. The zero-order valence-electron chi connectivity index (χ0n) is 23.8. The van der Waals surface area contributed by atoms with E-state index in [9.17, 15) is 14.4 Å². The van der Waals surface area contributed by atoms with Crippen LogP contribution >= 0.6 is 0 Å². The maximum Gasteiger partial charge on any atom is 0.336 e. The van der Waals surface area contributed by atoms with Gasteiger partial charge in [-0.25, -0.2) is 9.36 Å². The smallest absolute Gasteiger partial charge is 0.336 e. The second-order valence-electron chi connectivity index (χ2n) is 10.6. The number of piperidine rings is 1. The number of nitrogen functional groups attached to an aromatic ring is 1. The molecule has 3 N–H and O–H groups in total. The number of anilines is 1. The van der Waals surface area contributed by atoms with Gasteiger partial charge in [0, 0.05) is 38.3 Å². The first-order valence-corrected chi connectivity index (χ1v) is 14.4. The van der Waals surface area contributed by atoms with E-state index in [1.54, 1.807) is 24.3 Å². The third kappa shape index (κ3) is 6.87. The summed E-state index contributed by atoms with van der Waals surface area (Å²) in [6, 6.07) is 28.5. The van der Waals surface area contributed by atoms with Crippen molar-refractivity contribution in [1.82, 2.24) is 19.4 Å². The molecule has 4 aromatic rings. The number of carbonyl (C=O) groups excluding carboxylic acids is 1. The van der Waals surface area contributed by atoms with Gasteiger partial charge in [0.05, 0.1) is 11.8 Å². The number of carbonyl (C=O) groups is 1. The van der Waals surface area contributed by atoms with Gasteiger partial charge in [-0.3, -0.25) is 14.2 Å². The van der Waals surface area contributed by atoms with Gasteiger partial charge in [0.2, 0.25) is 0 Å². The van der Waals surface area contributed by atoms with E-state index in [4.69, 9.17) is 10.5 Å². The average Bonchev–Trinajstić information content (AvgIpc) is 3.02. The summed E-state index contributed by atoms with van der Waals surface area (Å²) < 4.78 is 8.88. The van der Waals surface area contributed by atoms with Crippen molar-refractivity contribution in [3.8, 4) is 5.69 Å². The number of aromatic nitrogens is 2. The summed E-state index contributed by atoms with van der Waals surface area (Å²) in [5.41, 5.74) is 8.19. The third-order valence-electron chi connectivity index (χ3n) is 7.73. The predicted molar refractivity (Wildman–Crippen MR) is 164 cm³/mol. The largest absolute Gasteiger partial charge is 0.385 e. The SMILES string of the molecule is Cn1c(=O)cc(N)n(-c2ccc(C(=O)NCCCN3CCC(OC(c4ccccc4)c4ccccc4)CC3)cc2)c1=O.